The average molecular weight is 314 g/mol. The zero-order valence-electron chi connectivity index (χ0n) is 12.9. The van der Waals surface area contributed by atoms with E-state index in [4.69, 9.17) is 9.26 Å². The second-order valence-corrected chi connectivity index (χ2v) is 5.15. The molecule has 2 heterocycles. The predicted molar refractivity (Wildman–Crippen MR) is 83.7 cm³/mol. The van der Waals surface area contributed by atoms with Crippen LogP contribution < -0.4 is 5.32 Å². The van der Waals surface area contributed by atoms with Gasteiger partial charge in [-0.1, -0.05) is 17.3 Å². The van der Waals surface area contributed by atoms with Crippen LogP contribution in [0.25, 0.3) is 11.0 Å². The first kappa shape index (κ1) is 15.2. The molecule has 23 heavy (non-hydrogen) atoms. The van der Waals surface area contributed by atoms with Gasteiger partial charge in [-0.05, 0) is 12.1 Å². The lowest BCUT2D eigenvalue weighted by molar-refractivity contribution is -0.120. The number of para-hydroxylation sites is 1. The number of carbonyl (C=O) groups excluding carboxylic acids is 1. The van der Waals surface area contributed by atoms with Crippen LogP contribution in [0.4, 0.5) is 0 Å². The second kappa shape index (κ2) is 7.06. The number of rotatable bonds is 7. The maximum Gasteiger partial charge on any atom is 0.226 e. The molecule has 0 radical (unpaired) electrons. The molecule has 0 fully saturated rings. The van der Waals surface area contributed by atoms with Crippen molar-refractivity contribution in [1.29, 1.82) is 0 Å². The molecule has 0 saturated heterocycles. The fourth-order valence-corrected chi connectivity index (χ4v) is 2.36. The second-order valence-electron chi connectivity index (χ2n) is 5.15. The highest BCUT2D eigenvalue weighted by Crippen LogP contribution is 2.17. The monoisotopic (exact) mass is 314 g/mol. The topological polar surface area (TPSA) is 82.2 Å². The van der Waals surface area contributed by atoms with Gasteiger partial charge in [0, 0.05) is 25.2 Å². The van der Waals surface area contributed by atoms with E-state index < -0.39 is 0 Å². The van der Waals surface area contributed by atoms with Crippen molar-refractivity contribution in [2.45, 2.75) is 19.5 Å². The molecule has 0 aliphatic rings. The summed E-state index contributed by atoms with van der Waals surface area (Å²) in [5.74, 6) is -0.108. The fourth-order valence-electron chi connectivity index (χ4n) is 2.36. The lowest BCUT2D eigenvalue weighted by Gasteiger charge is -2.08. The number of nitrogens with zero attached hydrogens (tertiary/aromatic N) is 3. The third kappa shape index (κ3) is 3.57. The molecule has 0 bridgehead atoms. The summed E-state index contributed by atoms with van der Waals surface area (Å²) >= 11 is 0. The number of amides is 1. The van der Waals surface area contributed by atoms with Crippen LogP contribution in [-0.4, -0.2) is 34.3 Å². The van der Waals surface area contributed by atoms with Crippen molar-refractivity contribution < 1.29 is 14.1 Å². The van der Waals surface area contributed by atoms with Gasteiger partial charge >= 0.3 is 0 Å². The van der Waals surface area contributed by atoms with Gasteiger partial charge in [0.05, 0.1) is 31.6 Å². The zero-order valence-corrected chi connectivity index (χ0v) is 12.9. The van der Waals surface area contributed by atoms with Crippen molar-refractivity contribution in [3.05, 3.63) is 48.2 Å². The van der Waals surface area contributed by atoms with Crippen LogP contribution in [0.15, 0.2) is 41.3 Å². The van der Waals surface area contributed by atoms with Crippen LogP contribution in [0.2, 0.25) is 0 Å². The minimum Gasteiger partial charge on any atom is -0.383 e. The number of fused-ring (bicyclic) bond motifs is 1. The zero-order chi connectivity index (χ0) is 16.1. The highest BCUT2D eigenvalue weighted by atomic mass is 16.5. The average Bonchev–Trinajstić information content (AvgIpc) is 3.18. The molecule has 7 nitrogen and oxygen atoms in total. The van der Waals surface area contributed by atoms with Crippen molar-refractivity contribution in [3.63, 3.8) is 0 Å². The molecule has 0 unspecified atom stereocenters. The van der Waals surface area contributed by atoms with Crippen LogP contribution in [-0.2, 0) is 29.0 Å². The Balaban J connectivity index is 1.59. The number of hydrogen-bond donors (Lipinski definition) is 1. The third-order valence-electron chi connectivity index (χ3n) is 3.58. The van der Waals surface area contributed by atoms with E-state index in [-0.39, 0.29) is 12.3 Å². The maximum atomic E-state index is 12.1. The Labute approximate surface area is 133 Å². The van der Waals surface area contributed by atoms with E-state index in [2.05, 4.69) is 15.5 Å². The molecule has 3 aromatic rings. The quantitative estimate of drug-likeness (QED) is 0.715. The number of hydrogen-bond acceptors (Lipinski definition) is 5. The molecule has 0 atom stereocenters. The van der Waals surface area contributed by atoms with Gasteiger partial charge in [0.15, 0.2) is 5.58 Å². The summed E-state index contributed by atoms with van der Waals surface area (Å²) in [5.41, 5.74) is 2.26. The SMILES string of the molecule is COCCn1cncc1CNC(=O)Cc1noc2ccccc12. The van der Waals surface area contributed by atoms with Gasteiger partial charge in [0.1, 0.15) is 5.69 Å². The number of nitrogens with one attached hydrogen (secondary N) is 1. The van der Waals surface area contributed by atoms with Gasteiger partial charge in [-0.2, -0.15) is 0 Å². The van der Waals surface area contributed by atoms with Gasteiger partial charge in [-0.15, -0.1) is 0 Å². The maximum absolute atomic E-state index is 12.1. The first-order valence-corrected chi connectivity index (χ1v) is 7.36. The van der Waals surface area contributed by atoms with E-state index in [1.807, 2.05) is 28.8 Å². The Morgan fingerprint density at radius 3 is 3.13 bits per heavy atom. The first-order valence-electron chi connectivity index (χ1n) is 7.36. The lowest BCUT2D eigenvalue weighted by atomic mass is 10.1. The molecule has 0 aliphatic heterocycles. The minimum absolute atomic E-state index is 0.108. The van der Waals surface area contributed by atoms with Crippen molar-refractivity contribution in [3.8, 4) is 0 Å². The smallest absolute Gasteiger partial charge is 0.226 e. The molecule has 1 N–H and O–H groups in total. The van der Waals surface area contributed by atoms with Crippen LogP contribution >= 0.6 is 0 Å². The molecular formula is C16H18N4O3. The van der Waals surface area contributed by atoms with Gasteiger partial charge < -0.3 is 19.1 Å². The summed E-state index contributed by atoms with van der Waals surface area (Å²) in [6.07, 6.45) is 3.65. The predicted octanol–water partition coefficient (Wildman–Crippen LogP) is 1.53. The fraction of sp³-hybridized carbons (Fsp3) is 0.312. The van der Waals surface area contributed by atoms with E-state index >= 15 is 0 Å². The normalized spacial score (nSPS) is 11.0. The van der Waals surface area contributed by atoms with E-state index in [1.165, 1.54) is 0 Å². The highest BCUT2D eigenvalue weighted by molar-refractivity contribution is 5.86. The van der Waals surface area contributed by atoms with Crippen LogP contribution in [0.3, 0.4) is 0 Å². The summed E-state index contributed by atoms with van der Waals surface area (Å²) in [6, 6.07) is 7.50. The van der Waals surface area contributed by atoms with Crippen molar-refractivity contribution in [2.75, 3.05) is 13.7 Å². The molecule has 2 aromatic heterocycles. The molecule has 1 amide bonds. The number of imidazole rings is 1. The summed E-state index contributed by atoms with van der Waals surface area (Å²) in [7, 11) is 1.65. The van der Waals surface area contributed by atoms with Crippen LogP contribution in [0.1, 0.15) is 11.4 Å². The largest absolute Gasteiger partial charge is 0.383 e. The first-order chi connectivity index (χ1) is 11.3. The molecule has 120 valence electrons. The summed E-state index contributed by atoms with van der Waals surface area (Å²) in [5, 5.41) is 7.72. The molecule has 0 spiro atoms. The Hall–Kier alpha value is -2.67. The molecular weight excluding hydrogens is 296 g/mol. The highest BCUT2D eigenvalue weighted by Gasteiger charge is 2.12. The third-order valence-corrected chi connectivity index (χ3v) is 3.58. The van der Waals surface area contributed by atoms with Gasteiger partial charge in [0.25, 0.3) is 0 Å². The number of methoxy groups -OCH3 is 1. The van der Waals surface area contributed by atoms with E-state index in [0.717, 1.165) is 11.1 Å². The Morgan fingerprint density at radius 2 is 2.26 bits per heavy atom. The molecule has 1 aromatic carbocycles. The van der Waals surface area contributed by atoms with Crippen molar-refractivity contribution >= 4 is 16.9 Å². The molecule has 7 heteroatoms. The van der Waals surface area contributed by atoms with Crippen molar-refractivity contribution in [1.82, 2.24) is 20.0 Å². The Kier molecular flexibility index (Phi) is 4.68. The lowest BCUT2D eigenvalue weighted by Crippen LogP contribution is -2.26. The van der Waals surface area contributed by atoms with E-state index in [0.29, 0.717) is 31.0 Å². The number of ether oxygens (including phenoxy) is 1. The van der Waals surface area contributed by atoms with E-state index in [1.54, 1.807) is 19.6 Å². The van der Waals surface area contributed by atoms with Gasteiger partial charge in [-0.3, -0.25) is 4.79 Å². The van der Waals surface area contributed by atoms with E-state index in [9.17, 15) is 4.79 Å². The number of aromatic nitrogens is 3. The Bertz CT molecular complexity index is 793. The summed E-state index contributed by atoms with van der Waals surface area (Å²) in [6.45, 7) is 1.72. The molecule has 0 saturated carbocycles. The Morgan fingerprint density at radius 1 is 1.39 bits per heavy atom. The summed E-state index contributed by atoms with van der Waals surface area (Å²) in [4.78, 5) is 16.2. The van der Waals surface area contributed by atoms with Gasteiger partial charge in [-0.25, -0.2) is 4.98 Å². The molecule has 3 rings (SSSR count). The number of carbonyl (C=O) groups is 1. The molecule has 0 aliphatic carbocycles. The number of benzene rings is 1. The van der Waals surface area contributed by atoms with Crippen molar-refractivity contribution in [2.24, 2.45) is 0 Å². The van der Waals surface area contributed by atoms with Gasteiger partial charge in [0.2, 0.25) is 5.91 Å². The summed E-state index contributed by atoms with van der Waals surface area (Å²) < 4.78 is 12.2. The standard InChI is InChI=1S/C16H18N4O3/c1-22-7-6-20-11-17-9-12(20)10-18-16(21)8-14-13-4-2-3-5-15(13)23-19-14/h2-5,9,11H,6-8,10H2,1H3,(H,18,21). The van der Waals surface area contributed by atoms with Crippen LogP contribution in [0.5, 0.6) is 0 Å². The minimum atomic E-state index is -0.108. The van der Waals surface area contributed by atoms with Crippen LogP contribution in [0, 0.1) is 0 Å².